The van der Waals surface area contributed by atoms with E-state index in [1.807, 2.05) is 52.0 Å². The molecular weight excluding hydrogens is 550 g/mol. The number of halogens is 2. The number of carbonyl (C=O) groups excluding carboxylic acids is 2. The Hall–Kier alpha value is -1.17. The zero-order valence-corrected chi connectivity index (χ0v) is 21.5. The number of benzene rings is 2. The number of amides is 2. The van der Waals surface area contributed by atoms with Crippen molar-refractivity contribution in [2.24, 2.45) is 0 Å². The first-order chi connectivity index (χ1) is 11.3. The fraction of sp³-hybridized carbons (Fsp3) is 0.300. The van der Waals surface area contributed by atoms with Crippen LogP contribution < -0.4 is 24.8 Å². The van der Waals surface area contributed by atoms with Gasteiger partial charge >= 0.3 is 25.8 Å². The third-order valence-corrected chi connectivity index (χ3v) is 4.08. The van der Waals surface area contributed by atoms with E-state index >= 15 is 0 Å². The monoisotopic (exact) mass is 574 g/mol. The molecule has 144 valence electrons. The normalized spacial score (nSPS) is 8.52. The first-order valence-electron chi connectivity index (χ1n) is 7.74. The molecule has 0 unspecified atom stereocenters. The van der Waals surface area contributed by atoms with Crippen LogP contribution in [0.5, 0.6) is 0 Å². The molecule has 0 heterocycles. The van der Waals surface area contributed by atoms with E-state index in [9.17, 15) is 9.59 Å². The molecule has 0 saturated carbocycles. The summed E-state index contributed by atoms with van der Waals surface area (Å²) in [5, 5.41) is 7.24. The maximum absolute atomic E-state index is 11.2. The first-order valence-corrected chi connectivity index (χ1v) is 7.74. The molecule has 2 aromatic rings. The molecule has 0 N–H and O–H groups in total. The second-order valence-corrected chi connectivity index (χ2v) is 5.55. The molecule has 0 fully saturated rings. The van der Waals surface area contributed by atoms with Crippen molar-refractivity contribution in [2.75, 3.05) is 14.1 Å². The van der Waals surface area contributed by atoms with Gasteiger partial charge in [-0.15, -0.1) is 14.1 Å². The maximum atomic E-state index is 11.2. The Kier molecular flexibility index (Phi) is 16.8. The molecular formula is C20H24Cl2HfN2O2. The van der Waals surface area contributed by atoms with Crippen molar-refractivity contribution in [1.82, 2.24) is 0 Å². The summed E-state index contributed by atoms with van der Waals surface area (Å²) >= 11 is 0. The summed E-state index contributed by atoms with van der Waals surface area (Å²) < 4.78 is 0. The van der Waals surface area contributed by atoms with Crippen LogP contribution >= 0.6 is 0 Å². The summed E-state index contributed by atoms with van der Waals surface area (Å²) in [7, 11) is 3.04. The average Bonchev–Trinajstić information content (AvgIpc) is 2.59. The van der Waals surface area contributed by atoms with Gasteiger partial charge in [0.1, 0.15) is 0 Å². The summed E-state index contributed by atoms with van der Waals surface area (Å²) in [5.74, 6) is -0.285. The standard InChI is InChI=1S/2C10H13NO.2ClH.Hf/c2*1-7-5-4-6-9(8(7)2)10(12)11-3;;;/h2*4-6H,1-3H3,(H,11,12);2*1H;/q;;;;+4/p-4. The van der Waals surface area contributed by atoms with E-state index in [2.05, 4.69) is 10.6 Å². The van der Waals surface area contributed by atoms with Crippen LogP contribution in [0.25, 0.3) is 10.6 Å². The van der Waals surface area contributed by atoms with E-state index in [0.717, 1.165) is 22.3 Å². The molecule has 0 spiro atoms. The van der Waals surface area contributed by atoms with E-state index in [0.29, 0.717) is 11.1 Å². The van der Waals surface area contributed by atoms with E-state index in [-0.39, 0.29) is 62.5 Å². The Bertz CT molecular complexity index is 689. The fourth-order valence-electron chi connectivity index (χ4n) is 2.21. The molecule has 2 amide bonds. The molecule has 0 radical (unpaired) electrons. The van der Waals surface area contributed by atoms with Gasteiger partial charge in [0.25, 0.3) is 0 Å². The number of nitrogens with zero attached hydrogens (tertiary/aromatic N) is 2. The zero-order chi connectivity index (χ0) is 18.3. The number of carbonyl (C=O) groups is 2. The molecule has 7 heteroatoms. The molecule has 0 aromatic heterocycles. The summed E-state index contributed by atoms with van der Waals surface area (Å²) in [6.45, 7) is 7.85. The molecule has 0 atom stereocenters. The van der Waals surface area contributed by atoms with E-state index in [4.69, 9.17) is 0 Å². The third-order valence-electron chi connectivity index (χ3n) is 4.08. The third kappa shape index (κ3) is 8.58. The number of rotatable bonds is 2. The molecule has 0 aliphatic heterocycles. The van der Waals surface area contributed by atoms with Crippen LogP contribution in [0.15, 0.2) is 36.4 Å². The van der Waals surface area contributed by atoms with Crippen LogP contribution in [0.1, 0.15) is 43.0 Å². The van der Waals surface area contributed by atoms with Crippen molar-refractivity contribution in [3.8, 4) is 0 Å². The Labute approximate surface area is 193 Å². The maximum Gasteiger partial charge on any atom is 4.00 e. The smallest absolute Gasteiger partial charge is 1.00 e. The molecule has 2 rings (SSSR count). The van der Waals surface area contributed by atoms with E-state index in [1.165, 1.54) is 14.1 Å². The predicted molar refractivity (Wildman–Crippen MR) is 99.1 cm³/mol. The first kappa shape index (κ1) is 30.6. The van der Waals surface area contributed by atoms with Gasteiger partial charge in [0.05, 0.1) is 11.8 Å². The zero-order valence-electron chi connectivity index (χ0n) is 16.4. The van der Waals surface area contributed by atoms with Crippen molar-refractivity contribution >= 4 is 11.8 Å². The molecule has 0 saturated heterocycles. The number of aryl methyl sites for hydroxylation is 2. The Morgan fingerprint density at radius 3 is 1.22 bits per heavy atom. The second kappa shape index (κ2) is 14.8. The quantitative estimate of drug-likeness (QED) is 0.429. The van der Waals surface area contributed by atoms with Gasteiger partial charge in [-0.25, -0.2) is 0 Å². The second-order valence-electron chi connectivity index (χ2n) is 5.55. The molecule has 0 aliphatic carbocycles. The molecule has 0 aliphatic rings. The number of hydrogen-bond donors (Lipinski definition) is 0. The van der Waals surface area contributed by atoms with Crippen molar-refractivity contribution in [3.05, 3.63) is 80.4 Å². The molecule has 4 nitrogen and oxygen atoms in total. The predicted octanol–water partition coefficient (Wildman–Crippen LogP) is -1.10. The van der Waals surface area contributed by atoms with Gasteiger partial charge in [0, 0.05) is 11.1 Å². The van der Waals surface area contributed by atoms with Crippen LogP contribution in [0.3, 0.4) is 0 Å². The van der Waals surface area contributed by atoms with Crippen molar-refractivity contribution in [1.29, 1.82) is 0 Å². The minimum absolute atomic E-state index is 0. The van der Waals surface area contributed by atoms with E-state index in [1.54, 1.807) is 12.1 Å². The van der Waals surface area contributed by atoms with Gasteiger partial charge in [-0.05, 0) is 49.9 Å². The Balaban J connectivity index is -0.000000384. The van der Waals surface area contributed by atoms with Gasteiger partial charge in [0.2, 0.25) is 0 Å². The summed E-state index contributed by atoms with van der Waals surface area (Å²) in [6, 6.07) is 11.3. The average molecular weight is 574 g/mol. The largest absolute Gasteiger partial charge is 4.00 e. The summed E-state index contributed by atoms with van der Waals surface area (Å²) in [5.41, 5.74) is 5.71. The van der Waals surface area contributed by atoms with Gasteiger partial charge in [-0.2, -0.15) is 0 Å². The van der Waals surface area contributed by atoms with Crippen LogP contribution in [0.4, 0.5) is 0 Å². The minimum Gasteiger partial charge on any atom is -1.00 e. The Morgan fingerprint density at radius 2 is 0.963 bits per heavy atom. The van der Waals surface area contributed by atoms with Gasteiger partial charge in [0.15, 0.2) is 0 Å². The minimum atomic E-state index is -0.142. The fourth-order valence-corrected chi connectivity index (χ4v) is 2.21. The molecule has 2 aromatic carbocycles. The summed E-state index contributed by atoms with van der Waals surface area (Å²) in [6.07, 6.45) is 0. The van der Waals surface area contributed by atoms with Crippen molar-refractivity contribution in [3.63, 3.8) is 0 Å². The topological polar surface area (TPSA) is 62.3 Å². The SMILES string of the molecule is C[N-]C(=O)c1cccc(C)c1C.C[N-]C(=O)c1cccc(C)c1C.[Cl-].[Cl-].[Hf+4]. The van der Waals surface area contributed by atoms with Crippen LogP contribution in [0.2, 0.25) is 0 Å². The van der Waals surface area contributed by atoms with Gasteiger partial charge in [-0.3, -0.25) is 0 Å². The van der Waals surface area contributed by atoms with E-state index < -0.39 is 0 Å². The van der Waals surface area contributed by atoms with Crippen LogP contribution in [-0.4, -0.2) is 25.9 Å². The van der Waals surface area contributed by atoms with Gasteiger partial charge < -0.3 is 45.0 Å². The summed E-state index contributed by atoms with van der Waals surface area (Å²) in [4.78, 5) is 22.4. The molecule has 0 bridgehead atoms. The van der Waals surface area contributed by atoms with Crippen molar-refractivity contribution < 1.29 is 60.2 Å². The Morgan fingerprint density at radius 1 is 0.667 bits per heavy atom. The van der Waals surface area contributed by atoms with Crippen molar-refractivity contribution in [2.45, 2.75) is 27.7 Å². The number of hydrogen-bond acceptors (Lipinski definition) is 2. The van der Waals surface area contributed by atoms with Crippen LogP contribution in [-0.2, 0) is 25.8 Å². The van der Waals surface area contributed by atoms with Gasteiger partial charge in [-0.1, -0.05) is 36.4 Å². The molecule has 27 heavy (non-hydrogen) atoms. The van der Waals surface area contributed by atoms with Crippen LogP contribution in [0, 0.1) is 27.7 Å².